The zero-order valence-electron chi connectivity index (χ0n) is 6.41. The molecule has 0 bridgehead atoms. The molecule has 0 spiro atoms. The van der Waals surface area contributed by atoms with Gasteiger partial charge in [-0.2, -0.15) is 0 Å². The Morgan fingerprint density at radius 2 is 2.55 bits per heavy atom. The fraction of sp³-hybridized carbons (Fsp3) is 0.222. The zero-order valence-corrected chi connectivity index (χ0v) is 6.41. The van der Waals surface area contributed by atoms with Crippen LogP contribution in [-0.4, -0.2) is 11.4 Å². The predicted octanol–water partition coefficient (Wildman–Crippen LogP) is 1.86. The van der Waals surface area contributed by atoms with Gasteiger partial charge < -0.3 is 5.21 Å². The normalized spacial score (nSPS) is 10.6. The van der Waals surface area contributed by atoms with Crippen LogP contribution in [0.4, 0.5) is 0 Å². The summed E-state index contributed by atoms with van der Waals surface area (Å²) in [6.07, 6.45) is 2.37. The van der Waals surface area contributed by atoms with Crippen LogP contribution in [0.3, 0.4) is 0 Å². The van der Waals surface area contributed by atoms with Gasteiger partial charge in [0.05, 0.1) is 6.21 Å². The predicted molar refractivity (Wildman–Crippen MR) is 44.0 cm³/mol. The topological polar surface area (TPSA) is 32.6 Å². The second-order valence-electron chi connectivity index (χ2n) is 2.22. The number of benzene rings is 1. The van der Waals surface area contributed by atoms with Gasteiger partial charge in [-0.1, -0.05) is 24.2 Å². The van der Waals surface area contributed by atoms with Crippen molar-refractivity contribution in [3.63, 3.8) is 0 Å². The van der Waals surface area contributed by atoms with Gasteiger partial charge in [0.2, 0.25) is 0 Å². The summed E-state index contributed by atoms with van der Waals surface area (Å²) in [5.74, 6) is 0. The fourth-order valence-electron chi connectivity index (χ4n) is 0.980. The molecule has 1 N–H and O–H groups in total. The molecule has 0 fully saturated rings. The number of rotatable bonds is 2. The van der Waals surface area contributed by atoms with Crippen molar-refractivity contribution in [3.05, 3.63) is 35.4 Å². The second-order valence-corrected chi connectivity index (χ2v) is 2.22. The lowest BCUT2D eigenvalue weighted by atomic mass is 10.1. The highest BCUT2D eigenvalue weighted by Gasteiger charge is 1.94. The van der Waals surface area contributed by atoms with Crippen molar-refractivity contribution in [1.82, 2.24) is 0 Å². The van der Waals surface area contributed by atoms with Crippen LogP contribution in [0.15, 0.2) is 23.4 Å². The fourth-order valence-corrected chi connectivity index (χ4v) is 0.980. The van der Waals surface area contributed by atoms with Gasteiger partial charge in [0.25, 0.3) is 0 Å². The highest BCUT2D eigenvalue weighted by molar-refractivity contribution is 5.81. The maximum atomic E-state index is 8.30. The van der Waals surface area contributed by atoms with E-state index < -0.39 is 0 Å². The highest BCUT2D eigenvalue weighted by Crippen LogP contribution is 2.05. The zero-order chi connectivity index (χ0) is 8.10. The summed E-state index contributed by atoms with van der Waals surface area (Å²) in [6, 6.07) is 8.55. The second kappa shape index (κ2) is 3.76. The van der Waals surface area contributed by atoms with Crippen LogP contribution in [0.5, 0.6) is 0 Å². The molecule has 0 aliphatic rings. The van der Waals surface area contributed by atoms with Gasteiger partial charge in [-0.3, -0.25) is 0 Å². The summed E-state index contributed by atoms with van der Waals surface area (Å²) in [7, 11) is 0. The molecule has 2 heteroatoms. The van der Waals surface area contributed by atoms with Gasteiger partial charge in [-0.15, -0.1) is 0 Å². The van der Waals surface area contributed by atoms with E-state index in [9.17, 15) is 0 Å². The summed E-state index contributed by atoms with van der Waals surface area (Å²) in [5.41, 5.74) is 2.10. The Bertz CT molecular complexity index is 255. The molecule has 0 unspecified atom stereocenters. The van der Waals surface area contributed by atoms with E-state index in [2.05, 4.69) is 18.1 Å². The van der Waals surface area contributed by atoms with E-state index in [1.165, 1.54) is 11.8 Å². The van der Waals surface area contributed by atoms with E-state index in [1.54, 1.807) is 6.07 Å². The maximum absolute atomic E-state index is 8.30. The van der Waals surface area contributed by atoms with Gasteiger partial charge in [0.1, 0.15) is 0 Å². The first-order valence-corrected chi connectivity index (χ1v) is 3.55. The summed E-state index contributed by atoms with van der Waals surface area (Å²) in [5, 5.41) is 11.3. The van der Waals surface area contributed by atoms with Crippen molar-refractivity contribution in [2.45, 2.75) is 13.3 Å². The lowest BCUT2D eigenvalue weighted by Gasteiger charge is -1.98. The SMILES string of the molecule is CCc1cc[c]cc1/C=N\O. The highest BCUT2D eigenvalue weighted by atomic mass is 16.4. The van der Waals surface area contributed by atoms with Gasteiger partial charge in [0, 0.05) is 0 Å². The molecular formula is C9H10NO. The molecule has 0 aliphatic heterocycles. The molecule has 1 rings (SSSR count). The van der Waals surface area contributed by atoms with Crippen LogP contribution in [0.2, 0.25) is 0 Å². The summed E-state index contributed by atoms with van der Waals surface area (Å²) in [4.78, 5) is 0. The Morgan fingerprint density at radius 3 is 3.18 bits per heavy atom. The molecule has 1 aromatic carbocycles. The molecule has 1 aromatic rings. The molecule has 0 aliphatic carbocycles. The van der Waals surface area contributed by atoms with E-state index in [0.29, 0.717) is 0 Å². The van der Waals surface area contributed by atoms with Crippen LogP contribution in [-0.2, 0) is 6.42 Å². The standard InChI is InChI=1S/C9H10NO/c1-2-8-5-3-4-6-9(8)7-10-11/h3,5-7,11H,2H2,1H3/b10-7-. The van der Waals surface area contributed by atoms with Crippen LogP contribution < -0.4 is 0 Å². The van der Waals surface area contributed by atoms with E-state index >= 15 is 0 Å². The summed E-state index contributed by atoms with van der Waals surface area (Å²) in [6.45, 7) is 2.06. The number of nitrogens with zero attached hydrogens (tertiary/aromatic N) is 1. The van der Waals surface area contributed by atoms with Gasteiger partial charge in [-0.25, -0.2) is 0 Å². The first kappa shape index (κ1) is 7.79. The average Bonchev–Trinajstić information content (AvgIpc) is 2.06. The third-order valence-corrected chi connectivity index (χ3v) is 1.57. The third kappa shape index (κ3) is 1.80. The molecule has 0 amide bonds. The molecule has 2 nitrogen and oxygen atoms in total. The van der Waals surface area contributed by atoms with Gasteiger partial charge in [0.15, 0.2) is 0 Å². The minimum absolute atomic E-state index is 0.928. The lowest BCUT2D eigenvalue weighted by Crippen LogP contribution is -1.89. The molecule has 0 saturated heterocycles. The first-order chi connectivity index (χ1) is 5.38. The smallest absolute Gasteiger partial charge is 0.0736 e. The first-order valence-electron chi connectivity index (χ1n) is 3.55. The number of aryl methyl sites for hydroxylation is 1. The Balaban J connectivity index is 3.02. The lowest BCUT2D eigenvalue weighted by molar-refractivity contribution is 0.322. The molecule has 1 radical (unpaired) electrons. The van der Waals surface area contributed by atoms with Crippen molar-refractivity contribution >= 4 is 6.21 Å². The van der Waals surface area contributed by atoms with E-state index in [4.69, 9.17) is 5.21 Å². The minimum Gasteiger partial charge on any atom is -0.411 e. The quantitative estimate of drug-likeness (QED) is 0.387. The van der Waals surface area contributed by atoms with Gasteiger partial charge in [-0.05, 0) is 29.7 Å². The molecule has 57 valence electrons. The Labute approximate surface area is 66.2 Å². The molecule has 0 aromatic heterocycles. The number of hydrogen-bond donors (Lipinski definition) is 1. The molecule has 11 heavy (non-hydrogen) atoms. The van der Waals surface area contributed by atoms with E-state index in [1.807, 2.05) is 12.1 Å². The molecule has 0 saturated carbocycles. The van der Waals surface area contributed by atoms with E-state index in [-0.39, 0.29) is 0 Å². The van der Waals surface area contributed by atoms with Crippen LogP contribution in [0.1, 0.15) is 18.1 Å². The van der Waals surface area contributed by atoms with Crippen molar-refractivity contribution in [2.75, 3.05) is 0 Å². The van der Waals surface area contributed by atoms with Crippen molar-refractivity contribution < 1.29 is 5.21 Å². The van der Waals surface area contributed by atoms with Crippen LogP contribution >= 0.6 is 0 Å². The van der Waals surface area contributed by atoms with Crippen molar-refractivity contribution in [2.24, 2.45) is 5.16 Å². The summed E-state index contributed by atoms with van der Waals surface area (Å²) >= 11 is 0. The monoisotopic (exact) mass is 148 g/mol. The van der Waals surface area contributed by atoms with Crippen molar-refractivity contribution in [3.8, 4) is 0 Å². The maximum Gasteiger partial charge on any atom is 0.0736 e. The van der Waals surface area contributed by atoms with Crippen LogP contribution in [0.25, 0.3) is 0 Å². The summed E-state index contributed by atoms with van der Waals surface area (Å²) < 4.78 is 0. The number of hydrogen-bond acceptors (Lipinski definition) is 2. The van der Waals surface area contributed by atoms with Crippen LogP contribution in [0, 0.1) is 6.07 Å². The third-order valence-electron chi connectivity index (χ3n) is 1.57. The average molecular weight is 148 g/mol. The molecule has 0 heterocycles. The molecule has 0 atom stereocenters. The molecular weight excluding hydrogens is 138 g/mol. The Kier molecular flexibility index (Phi) is 2.66. The minimum atomic E-state index is 0.928. The Morgan fingerprint density at radius 1 is 1.73 bits per heavy atom. The number of oxime groups is 1. The Hall–Kier alpha value is -1.31. The van der Waals surface area contributed by atoms with Crippen molar-refractivity contribution in [1.29, 1.82) is 0 Å². The van der Waals surface area contributed by atoms with E-state index in [0.717, 1.165) is 12.0 Å². The van der Waals surface area contributed by atoms with Gasteiger partial charge >= 0.3 is 0 Å². The largest absolute Gasteiger partial charge is 0.411 e.